The minimum atomic E-state index is -1.61. The molecule has 1 N–H and O–H groups in total. The molecule has 0 saturated carbocycles. The average molecular weight is 326 g/mol. The number of aliphatic hydroxyl groups excluding tert-OH is 1. The number of hydrogen-bond acceptors (Lipinski definition) is 6. The Bertz CT molecular complexity index is 647. The molecule has 110 valence electrons. The highest BCUT2D eigenvalue weighted by atomic mass is 32.2. The number of benzene rings is 1. The normalized spacial score (nSPS) is 18.4. The van der Waals surface area contributed by atoms with Crippen molar-refractivity contribution in [1.29, 1.82) is 0 Å². The molecule has 1 fully saturated rings. The molecule has 1 aliphatic rings. The number of carboxylic acids is 1. The summed E-state index contributed by atoms with van der Waals surface area (Å²) in [6.45, 7) is -0.818. The van der Waals surface area contributed by atoms with Crippen LogP contribution in [0, 0.1) is 5.82 Å². The quantitative estimate of drug-likeness (QED) is 0.626. The van der Waals surface area contributed by atoms with Gasteiger partial charge in [-0.25, -0.2) is 4.39 Å². The van der Waals surface area contributed by atoms with Gasteiger partial charge in [0.1, 0.15) is 16.2 Å². The van der Waals surface area contributed by atoms with Gasteiger partial charge < -0.3 is 15.0 Å². The van der Waals surface area contributed by atoms with Gasteiger partial charge in [0.15, 0.2) is 0 Å². The Hall–Kier alpha value is -1.77. The van der Waals surface area contributed by atoms with E-state index in [1.807, 2.05) is 0 Å². The van der Waals surface area contributed by atoms with Crippen molar-refractivity contribution in [3.63, 3.8) is 0 Å². The smallest absolute Gasteiger partial charge is 0.266 e. The van der Waals surface area contributed by atoms with Crippen LogP contribution in [0.15, 0.2) is 29.2 Å². The van der Waals surface area contributed by atoms with Gasteiger partial charge in [-0.05, 0) is 12.1 Å². The van der Waals surface area contributed by atoms with Gasteiger partial charge >= 0.3 is 0 Å². The number of thioether (sulfide) groups is 1. The summed E-state index contributed by atoms with van der Waals surface area (Å²) < 4.78 is 13.5. The highest BCUT2D eigenvalue weighted by Gasteiger charge is 2.37. The molecule has 0 bridgehead atoms. The van der Waals surface area contributed by atoms with Crippen LogP contribution >= 0.6 is 24.0 Å². The van der Waals surface area contributed by atoms with Gasteiger partial charge in [-0.1, -0.05) is 42.2 Å². The van der Waals surface area contributed by atoms with E-state index in [1.54, 1.807) is 6.07 Å². The number of carboxylic acid groups (broad SMARTS) is 1. The predicted molar refractivity (Wildman–Crippen MR) is 77.3 cm³/mol. The van der Waals surface area contributed by atoms with Gasteiger partial charge in [0.05, 0.1) is 17.5 Å². The number of rotatable bonds is 4. The lowest BCUT2D eigenvalue weighted by Crippen LogP contribution is -2.51. The van der Waals surface area contributed by atoms with Gasteiger partial charge in [0, 0.05) is 5.56 Å². The monoisotopic (exact) mass is 326 g/mol. The SMILES string of the molecule is O=C([O-])[C@@H](CO)N1C(=O)/C(=C/c2ccccc2F)SC1=S. The van der Waals surface area contributed by atoms with E-state index in [2.05, 4.69) is 0 Å². The highest BCUT2D eigenvalue weighted by Crippen LogP contribution is 2.34. The molecule has 0 radical (unpaired) electrons. The zero-order valence-electron chi connectivity index (χ0n) is 10.5. The van der Waals surface area contributed by atoms with Crippen LogP contribution in [0.2, 0.25) is 0 Å². The van der Waals surface area contributed by atoms with Crippen molar-refractivity contribution < 1.29 is 24.2 Å². The molecule has 21 heavy (non-hydrogen) atoms. The van der Waals surface area contributed by atoms with Gasteiger partial charge in [-0.2, -0.15) is 0 Å². The van der Waals surface area contributed by atoms with Crippen molar-refractivity contribution in [1.82, 2.24) is 4.90 Å². The Morgan fingerprint density at radius 3 is 2.76 bits per heavy atom. The number of nitrogens with zero attached hydrogens (tertiary/aromatic N) is 1. The second-order valence-electron chi connectivity index (χ2n) is 4.09. The second-order valence-corrected chi connectivity index (χ2v) is 5.77. The van der Waals surface area contributed by atoms with E-state index in [-0.39, 0.29) is 14.8 Å². The number of hydrogen-bond donors (Lipinski definition) is 1. The van der Waals surface area contributed by atoms with E-state index in [1.165, 1.54) is 24.3 Å². The Labute approximate surface area is 129 Å². The summed E-state index contributed by atoms with van der Waals surface area (Å²) in [5.74, 6) is -2.82. The Morgan fingerprint density at radius 2 is 2.19 bits per heavy atom. The molecule has 1 amide bonds. The molecule has 1 atom stereocenters. The molecule has 0 unspecified atom stereocenters. The van der Waals surface area contributed by atoms with E-state index < -0.39 is 30.3 Å². The average Bonchev–Trinajstić information content (AvgIpc) is 2.70. The maximum atomic E-state index is 13.6. The minimum Gasteiger partial charge on any atom is -0.548 e. The summed E-state index contributed by atoms with van der Waals surface area (Å²) in [6.07, 6.45) is 1.29. The lowest BCUT2D eigenvalue weighted by molar-refractivity contribution is -0.311. The van der Waals surface area contributed by atoms with E-state index in [4.69, 9.17) is 17.3 Å². The molecule has 1 aromatic carbocycles. The lowest BCUT2D eigenvalue weighted by atomic mass is 10.2. The fourth-order valence-corrected chi connectivity index (χ4v) is 3.09. The molecule has 1 aliphatic heterocycles. The lowest BCUT2D eigenvalue weighted by Gasteiger charge is -2.25. The second kappa shape index (κ2) is 6.33. The summed E-state index contributed by atoms with van der Waals surface area (Å²) in [5, 5.41) is 20.0. The maximum Gasteiger partial charge on any atom is 0.266 e. The van der Waals surface area contributed by atoms with Crippen molar-refractivity contribution >= 4 is 46.3 Å². The molecule has 5 nitrogen and oxygen atoms in total. The Kier molecular flexibility index (Phi) is 4.71. The molecule has 2 rings (SSSR count). The number of amides is 1. The zero-order valence-corrected chi connectivity index (χ0v) is 12.1. The third kappa shape index (κ3) is 3.12. The molecule has 1 saturated heterocycles. The standard InChI is InChI=1S/C13H10FNO4S2/c14-8-4-2-1-3-7(8)5-10-11(17)15(13(20)21-10)9(6-16)12(18)19/h1-5,9,16H,6H2,(H,18,19)/p-1/b10-5-/t9-/m1/s1. The van der Waals surface area contributed by atoms with Crippen LogP contribution in [0.1, 0.15) is 5.56 Å². The summed E-state index contributed by atoms with van der Waals surface area (Å²) in [5.41, 5.74) is 0.187. The molecule has 0 aliphatic carbocycles. The number of carbonyl (C=O) groups excluding carboxylic acids is 2. The summed E-state index contributed by atoms with van der Waals surface area (Å²) >= 11 is 5.78. The topological polar surface area (TPSA) is 80.7 Å². The van der Waals surface area contributed by atoms with Crippen molar-refractivity contribution in [3.8, 4) is 0 Å². The van der Waals surface area contributed by atoms with Crippen molar-refractivity contribution in [2.24, 2.45) is 0 Å². The molecule has 8 heteroatoms. The van der Waals surface area contributed by atoms with Crippen LogP contribution in [0.3, 0.4) is 0 Å². The van der Waals surface area contributed by atoms with Crippen LogP contribution < -0.4 is 5.11 Å². The Balaban J connectivity index is 2.34. The van der Waals surface area contributed by atoms with E-state index in [9.17, 15) is 19.1 Å². The number of aliphatic carboxylic acids is 1. The number of thiocarbonyl (C=S) groups is 1. The van der Waals surface area contributed by atoms with Crippen LogP contribution in [-0.2, 0) is 9.59 Å². The largest absolute Gasteiger partial charge is 0.548 e. The molecule has 1 aromatic rings. The maximum absolute atomic E-state index is 13.6. The first kappa shape index (κ1) is 15.6. The van der Waals surface area contributed by atoms with Crippen molar-refractivity contribution in [3.05, 3.63) is 40.6 Å². The van der Waals surface area contributed by atoms with Crippen molar-refractivity contribution in [2.75, 3.05) is 6.61 Å². The third-order valence-electron chi connectivity index (χ3n) is 2.77. The van der Waals surface area contributed by atoms with E-state index in [0.717, 1.165) is 16.7 Å². The molecular weight excluding hydrogens is 317 g/mol. The Morgan fingerprint density at radius 1 is 1.52 bits per heavy atom. The van der Waals surface area contributed by atoms with Crippen LogP contribution in [0.25, 0.3) is 6.08 Å². The van der Waals surface area contributed by atoms with Crippen LogP contribution in [-0.4, -0.2) is 38.9 Å². The zero-order chi connectivity index (χ0) is 15.6. The molecule has 0 spiro atoms. The molecule has 0 aromatic heterocycles. The molecule has 1 heterocycles. The fourth-order valence-electron chi connectivity index (χ4n) is 1.74. The number of carbonyl (C=O) groups is 2. The van der Waals surface area contributed by atoms with Gasteiger partial charge in [0.2, 0.25) is 0 Å². The first-order valence-electron chi connectivity index (χ1n) is 5.79. The predicted octanol–water partition coefficient (Wildman–Crippen LogP) is 0.138. The van der Waals surface area contributed by atoms with E-state index >= 15 is 0 Å². The van der Waals surface area contributed by atoms with Crippen LogP contribution in [0.4, 0.5) is 4.39 Å². The third-order valence-corrected chi connectivity index (χ3v) is 4.10. The van der Waals surface area contributed by atoms with Crippen molar-refractivity contribution in [2.45, 2.75) is 6.04 Å². The van der Waals surface area contributed by atoms with E-state index in [0.29, 0.717) is 0 Å². The fraction of sp³-hybridized carbons (Fsp3) is 0.154. The van der Waals surface area contributed by atoms with Gasteiger partial charge in [0.25, 0.3) is 5.91 Å². The van der Waals surface area contributed by atoms with Crippen LogP contribution in [0.5, 0.6) is 0 Å². The first-order valence-corrected chi connectivity index (χ1v) is 7.01. The first-order chi connectivity index (χ1) is 9.95. The minimum absolute atomic E-state index is 0.0224. The number of halogens is 1. The summed E-state index contributed by atoms with van der Waals surface area (Å²) in [7, 11) is 0. The summed E-state index contributed by atoms with van der Waals surface area (Å²) in [6, 6.07) is 4.28. The molecular formula is C13H9FNO4S2-. The highest BCUT2D eigenvalue weighted by molar-refractivity contribution is 8.26. The summed E-state index contributed by atoms with van der Waals surface area (Å²) in [4.78, 5) is 23.9. The number of aliphatic hydroxyl groups is 1. The van der Waals surface area contributed by atoms with Gasteiger partial charge in [-0.15, -0.1) is 0 Å². The van der Waals surface area contributed by atoms with Gasteiger partial charge in [-0.3, -0.25) is 9.69 Å².